The van der Waals surface area contributed by atoms with Gasteiger partial charge in [0.15, 0.2) is 0 Å². The van der Waals surface area contributed by atoms with Crippen molar-refractivity contribution in [2.24, 2.45) is 0 Å². The minimum atomic E-state index is 0.939. The summed E-state index contributed by atoms with van der Waals surface area (Å²) in [5.74, 6) is 0. The topological polar surface area (TPSA) is 0 Å². The van der Waals surface area contributed by atoms with Gasteiger partial charge in [0.05, 0.1) is 0 Å². The zero-order valence-corrected chi connectivity index (χ0v) is 53.6. The van der Waals surface area contributed by atoms with E-state index in [1.54, 1.807) is 0 Å². The van der Waals surface area contributed by atoms with Gasteiger partial charge in [0.1, 0.15) is 0 Å². The van der Waals surface area contributed by atoms with Gasteiger partial charge in [0.25, 0.3) is 0 Å². The van der Waals surface area contributed by atoms with Gasteiger partial charge in [-0.1, -0.05) is 376 Å². The molecule has 0 spiro atoms. The van der Waals surface area contributed by atoms with Crippen molar-refractivity contribution < 1.29 is 0 Å². The van der Waals surface area contributed by atoms with E-state index in [0.717, 1.165) is 36.8 Å². The van der Waals surface area contributed by atoms with E-state index >= 15 is 0 Å². The van der Waals surface area contributed by atoms with Crippen LogP contribution in [0.2, 0.25) is 0 Å². The molecule has 0 bridgehead atoms. The van der Waals surface area contributed by atoms with Gasteiger partial charge >= 0.3 is 0 Å². The number of rotatable bonds is 16. The minimum Gasteiger partial charge on any atom is -0.0622 e. The average molecular weight is 1220 g/mol. The van der Waals surface area contributed by atoms with Crippen LogP contribution in [0.4, 0.5) is 0 Å². The molecular formula is C96H70. The van der Waals surface area contributed by atoms with Crippen LogP contribution >= 0.6 is 0 Å². The van der Waals surface area contributed by atoms with Crippen molar-refractivity contribution in [1.82, 2.24) is 0 Å². The summed E-state index contributed by atoms with van der Waals surface area (Å²) in [5, 5.41) is 0. The van der Waals surface area contributed by atoms with Crippen molar-refractivity contribution in [1.29, 1.82) is 0 Å². The summed E-state index contributed by atoms with van der Waals surface area (Å²) >= 11 is 0. The predicted molar refractivity (Wildman–Crippen MR) is 404 cm³/mol. The highest BCUT2D eigenvalue weighted by Gasteiger charge is 2.31. The van der Waals surface area contributed by atoms with E-state index in [-0.39, 0.29) is 0 Å². The first-order valence-corrected chi connectivity index (χ1v) is 33.7. The van der Waals surface area contributed by atoms with Crippen LogP contribution < -0.4 is 0 Å². The second kappa shape index (κ2) is 26.9. The van der Waals surface area contributed by atoms with Crippen molar-refractivity contribution in [3.8, 4) is 11.1 Å². The molecule has 0 nitrogen and oxygen atoms in total. The molecular weight excluding hydrogens is 1150 g/mol. The zero-order chi connectivity index (χ0) is 64.0. The van der Waals surface area contributed by atoms with Gasteiger partial charge in [0.2, 0.25) is 0 Å². The van der Waals surface area contributed by atoms with Gasteiger partial charge in [-0.3, -0.25) is 0 Å². The van der Waals surface area contributed by atoms with Gasteiger partial charge in [-0.15, -0.1) is 0 Å². The van der Waals surface area contributed by atoms with Crippen molar-refractivity contribution in [3.63, 3.8) is 0 Å². The second-order valence-electron chi connectivity index (χ2n) is 25.2. The Balaban J connectivity index is 0.860. The van der Waals surface area contributed by atoms with E-state index in [9.17, 15) is 0 Å². The maximum absolute atomic E-state index is 2.56. The molecule has 0 radical (unpaired) electrons. The molecule has 0 unspecified atom stereocenters. The summed E-state index contributed by atoms with van der Waals surface area (Å²) < 4.78 is 0. The highest BCUT2D eigenvalue weighted by atomic mass is 14.3. The van der Waals surface area contributed by atoms with E-state index in [1.807, 2.05) is 0 Å². The lowest BCUT2D eigenvalue weighted by atomic mass is 9.72. The Labute approximate surface area is 565 Å². The Kier molecular flexibility index (Phi) is 16.6. The van der Waals surface area contributed by atoms with Crippen LogP contribution in [0.5, 0.6) is 0 Å². The predicted octanol–water partition coefficient (Wildman–Crippen LogP) is 23.6. The molecule has 14 aromatic rings. The van der Waals surface area contributed by atoms with E-state index in [1.165, 1.54) is 156 Å². The fourth-order valence-corrected chi connectivity index (χ4v) is 15.1. The summed E-state index contributed by atoms with van der Waals surface area (Å²) in [5.41, 5.74) is 37.3. The SMILES string of the molecule is c1ccc(C(=C(c2ccccc2)c2ccc(C(=C(c3ccccc3)c3ccccc3)c3cc4c5c(c3)CCc3cc(C(=C(c6ccccc6)c6ccccc6)c6ccc(C(=C(c7ccccc7)c7ccccc7)c7ccccc7)cc6)cc(c3-5)CC4)cc2)c2ccccc2)cc1. The summed E-state index contributed by atoms with van der Waals surface area (Å²) in [4.78, 5) is 0. The Morgan fingerprint density at radius 2 is 0.240 bits per heavy atom. The maximum Gasteiger partial charge on any atom is -0.00266 e. The normalized spacial score (nSPS) is 11.8. The Hall–Kier alpha value is -12.0. The molecule has 2 aliphatic carbocycles. The van der Waals surface area contributed by atoms with E-state index in [4.69, 9.17) is 0 Å². The lowest BCUT2D eigenvalue weighted by molar-refractivity contribution is 0.874. The van der Waals surface area contributed by atoms with Crippen LogP contribution in [0, 0.1) is 0 Å². The molecule has 0 N–H and O–H groups in total. The van der Waals surface area contributed by atoms with Crippen molar-refractivity contribution in [2.75, 3.05) is 0 Å². The highest BCUT2D eigenvalue weighted by Crippen LogP contribution is 2.49. The molecule has 0 heteroatoms. The van der Waals surface area contributed by atoms with Crippen LogP contribution in [0.15, 0.2) is 376 Å². The van der Waals surface area contributed by atoms with E-state index in [0.29, 0.717) is 0 Å². The molecule has 454 valence electrons. The molecule has 0 heterocycles. The van der Waals surface area contributed by atoms with Gasteiger partial charge in [-0.25, -0.2) is 0 Å². The molecule has 0 fully saturated rings. The number of aryl methyl sites for hydroxylation is 4. The first-order chi connectivity index (χ1) is 47.7. The Morgan fingerprint density at radius 1 is 0.125 bits per heavy atom. The van der Waals surface area contributed by atoms with Crippen molar-refractivity contribution >= 4 is 44.6 Å². The fraction of sp³-hybridized carbons (Fsp3) is 0.0417. The first kappa shape index (κ1) is 59.1. The summed E-state index contributed by atoms with van der Waals surface area (Å²) in [6, 6.07) is 139. The fourth-order valence-electron chi connectivity index (χ4n) is 15.1. The standard InChI is InChI=1S/C96H70/c1-11-31-67(32-12-1)87(68-33-13-2-14-34-68)91(75-47-27-9-28-48-75)77-51-55-79(56-52-77)93(89(71-39-19-5-20-40-71)72-41-21-6-22-42-72)85-63-81-59-61-83-65-86(66-84-62-60-82(64-85)95(81)96(83)84)94(90(73-43-23-7-24-44-73)74-45-25-8-26-46-74)80-57-53-78(54-58-80)92(76-49-29-10-30-50-76)88(69-35-15-3-16-36-69)70-37-17-4-18-38-70/h1-58,63-66H,59-62H2. The van der Waals surface area contributed by atoms with Crippen molar-refractivity contribution in [2.45, 2.75) is 25.7 Å². The van der Waals surface area contributed by atoms with Gasteiger partial charge in [-0.2, -0.15) is 0 Å². The highest BCUT2D eigenvalue weighted by molar-refractivity contribution is 6.10. The summed E-state index contributed by atoms with van der Waals surface area (Å²) in [6.45, 7) is 0. The minimum absolute atomic E-state index is 0.939. The van der Waals surface area contributed by atoms with Crippen molar-refractivity contribution in [3.05, 3.63) is 487 Å². The van der Waals surface area contributed by atoms with Crippen LogP contribution in [0.25, 0.3) is 55.7 Å². The third kappa shape index (κ3) is 11.8. The van der Waals surface area contributed by atoms with Crippen LogP contribution in [0.3, 0.4) is 0 Å². The summed E-state index contributed by atoms with van der Waals surface area (Å²) in [6.07, 6.45) is 3.76. The van der Waals surface area contributed by atoms with Crippen LogP contribution in [-0.2, 0) is 25.7 Å². The lowest BCUT2D eigenvalue weighted by Gasteiger charge is -2.32. The van der Waals surface area contributed by atoms with E-state index < -0.39 is 0 Å². The quantitative estimate of drug-likeness (QED) is 0.0846. The first-order valence-electron chi connectivity index (χ1n) is 33.7. The molecule has 96 heavy (non-hydrogen) atoms. The van der Waals surface area contributed by atoms with E-state index in [2.05, 4.69) is 376 Å². The maximum atomic E-state index is 2.56. The number of hydrogen-bond acceptors (Lipinski definition) is 0. The van der Waals surface area contributed by atoms with Gasteiger partial charge in [-0.05, 0) is 193 Å². The summed E-state index contributed by atoms with van der Waals surface area (Å²) in [7, 11) is 0. The molecule has 2 aliphatic rings. The van der Waals surface area contributed by atoms with Gasteiger partial charge < -0.3 is 0 Å². The zero-order valence-electron chi connectivity index (χ0n) is 53.6. The average Bonchev–Trinajstić information content (AvgIpc) is 0.710. The third-order valence-electron chi connectivity index (χ3n) is 19.3. The molecule has 0 saturated heterocycles. The second-order valence-corrected chi connectivity index (χ2v) is 25.2. The number of benzene rings is 14. The van der Waals surface area contributed by atoms with Crippen LogP contribution in [0.1, 0.15) is 111 Å². The monoisotopic (exact) mass is 1220 g/mol. The third-order valence-corrected chi connectivity index (χ3v) is 19.3. The molecule has 14 aromatic carbocycles. The molecule has 0 aliphatic heterocycles. The molecule has 16 rings (SSSR count). The molecule has 0 aromatic heterocycles. The Morgan fingerprint density at radius 3 is 0.375 bits per heavy atom. The van der Waals surface area contributed by atoms with Gasteiger partial charge in [0, 0.05) is 0 Å². The molecule has 0 atom stereocenters. The van der Waals surface area contributed by atoms with Crippen LogP contribution in [-0.4, -0.2) is 0 Å². The largest absolute Gasteiger partial charge is 0.0622 e. The smallest absolute Gasteiger partial charge is 0.00266 e. The molecule has 0 amide bonds. The lowest BCUT2D eigenvalue weighted by Crippen LogP contribution is -2.16. The molecule has 0 saturated carbocycles. The Bertz CT molecular complexity index is 4630. The number of hydrogen-bond donors (Lipinski definition) is 0.